The van der Waals surface area contributed by atoms with Crippen LogP contribution in [0.15, 0.2) is 39.1 Å². The number of fused-ring (bicyclic) bond motifs is 2. The molecule has 1 aliphatic rings. The Balaban J connectivity index is 2.23. The minimum atomic E-state index is -0.655. The predicted octanol–water partition coefficient (Wildman–Crippen LogP) is 1.31. The zero-order valence-corrected chi connectivity index (χ0v) is 13.6. The van der Waals surface area contributed by atoms with Crippen molar-refractivity contribution in [3.05, 3.63) is 44.6 Å². The van der Waals surface area contributed by atoms with Crippen molar-refractivity contribution in [2.45, 2.75) is 5.16 Å². The largest absolute Gasteiger partial charge is 0.466 e. The van der Waals surface area contributed by atoms with E-state index in [0.29, 0.717) is 15.9 Å². The number of nitrogens with zero attached hydrogens (tertiary/aromatic N) is 3. The van der Waals surface area contributed by atoms with E-state index in [-0.39, 0.29) is 10.1 Å². The molecule has 2 aromatic rings. The number of amides is 1. The third-order valence-electron chi connectivity index (χ3n) is 3.23. The van der Waals surface area contributed by atoms with E-state index in [1.807, 2.05) is 0 Å². The Hall–Kier alpha value is -2.32. The molecule has 0 aliphatic carbocycles. The average Bonchev–Trinajstić information content (AvgIpc) is 2.53. The predicted molar refractivity (Wildman–Crippen MR) is 86.1 cm³/mol. The van der Waals surface area contributed by atoms with Gasteiger partial charge in [-0.3, -0.25) is 9.59 Å². The number of methoxy groups -OCH3 is 1. The zero-order chi connectivity index (χ0) is 16.7. The number of benzene rings is 1. The Labute approximate surface area is 139 Å². The number of hydrogen-bond donors (Lipinski definition) is 0. The standard InChI is InChI=1S/C14H10ClN3O4S/c1-17-13(21)10(6-11(19)22-2)23-14-16-9-4-3-7(15)5-8(9)12(20)18(14)17/h3-6H,1-2H3/b10-6+. The van der Waals surface area contributed by atoms with E-state index in [1.165, 1.54) is 20.2 Å². The minimum Gasteiger partial charge on any atom is -0.466 e. The van der Waals surface area contributed by atoms with Crippen LogP contribution in [-0.4, -0.2) is 35.7 Å². The number of carbonyl (C=O) groups is 2. The van der Waals surface area contributed by atoms with Gasteiger partial charge < -0.3 is 4.74 Å². The molecule has 0 fully saturated rings. The summed E-state index contributed by atoms with van der Waals surface area (Å²) in [5.74, 6) is -1.16. The van der Waals surface area contributed by atoms with Gasteiger partial charge in [-0.15, -0.1) is 0 Å². The molecular formula is C14H10ClN3O4S. The number of hydrogen-bond acceptors (Lipinski definition) is 6. The van der Waals surface area contributed by atoms with Gasteiger partial charge in [-0.1, -0.05) is 11.6 Å². The maximum absolute atomic E-state index is 12.6. The monoisotopic (exact) mass is 351 g/mol. The molecule has 7 nitrogen and oxygen atoms in total. The van der Waals surface area contributed by atoms with Crippen molar-refractivity contribution in [1.29, 1.82) is 0 Å². The van der Waals surface area contributed by atoms with Crippen molar-refractivity contribution in [3.8, 4) is 0 Å². The molecule has 0 N–H and O–H groups in total. The number of aromatic nitrogens is 2. The number of halogens is 1. The fourth-order valence-electron chi connectivity index (χ4n) is 2.11. The topological polar surface area (TPSA) is 81.5 Å². The lowest BCUT2D eigenvalue weighted by molar-refractivity contribution is -0.135. The second-order valence-corrected chi connectivity index (χ2v) is 6.08. The van der Waals surface area contributed by atoms with Gasteiger partial charge in [0.25, 0.3) is 11.5 Å². The lowest BCUT2D eigenvalue weighted by Gasteiger charge is -2.27. The molecule has 23 heavy (non-hydrogen) atoms. The Kier molecular flexibility index (Phi) is 3.87. The van der Waals surface area contributed by atoms with E-state index in [9.17, 15) is 14.4 Å². The van der Waals surface area contributed by atoms with Crippen LogP contribution in [0.25, 0.3) is 10.9 Å². The lowest BCUT2D eigenvalue weighted by atomic mass is 10.2. The first-order valence-corrected chi connectivity index (χ1v) is 7.60. The van der Waals surface area contributed by atoms with Crippen LogP contribution in [0.2, 0.25) is 5.02 Å². The number of esters is 1. The number of carbonyl (C=O) groups excluding carboxylic acids is 2. The van der Waals surface area contributed by atoms with Crippen LogP contribution in [0.4, 0.5) is 0 Å². The minimum absolute atomic E-state index is 0.125. The summed E-state index contributed by atoms with van der Waals surface area (Å²) in [6, 6.07) is 4.75. The van der Waals surface area contributed by atoms with Crippen LogP contribution in [0, 0.1) is 0 Å². The third-order valence-corrected chi connectivity index (χ3v) is 4.43. The fraction of sp³-hybridized carbons (Fsp3) is 0.143. The van der Waals surface area contributed by atoms with Gasteiger partial charge in [-0.2, -0.15) is 4.68 Å². The van der Waals surface area contributed by atoms with Crippen molar-refractivity contribution in [2.24, 2.45) is 0 Å². The Morgan fingerprint density at radius 1 is 1.39 bits per heavy atom. The molecular weight excluding hydrogens is 342 g/mol. The Morgan fingerprint density at radius 2 is 2.13 bits per heavy atom. The molecule has 0 radical (unpaired) electrons. The molecule has 0 atom stereocenters. The SMILES string of the molecule is COC(=O)/C=C1/Sc2nc3ccc(Cl)cc3c(=O)n2N(C)C1=O. The molecule has 2 heterocycles. The van der Waals surface area contributed by atoms with E-state index in [1.54, 1.807) is 12.1 Å². The van der Waals surface area contributed by atoms with Gasteiger partial charge in [-0.25, -0.2) is 14.8 Å². The van der Waals surface area contributed by atoms with Crippen LogP contribution < -0.4 is 10.6 Å². The summed E-state index contributed by atoms with van der Waals surface area (Å²) in [4.78, 5) is 40.8. The molecule has 3 rings (SSSR count). The number of likely N-dealkylation sites (N-methyl/N-ethyl adjacent to an activating group) is 1. The highest BCUT2D eigenvalue weighted by molar-refractivity contribution is 8.04. The van der Waals surface area contributed by atoms with Gasteiger partial charge in [0.05, 0.1) is 22.9 Å². The molecule has 1 amide bonds. The first kappa shape index (κ1) is 15.6. The Bertz CT molecular complexity index is 937. The molecule has 1 aromatic carbocycles. The van der Waals surface area contributed by atoms with Crippen LogP contribution >= 0.6 is 23.4 Å². The summed E-state index contributed by atoms with van der Waals surface area (Å²) in [5, 5.41) is 2.10. The van der Waals surface area contributed by atoms with Crippen LogP contribution in [-0.2, 0) is 14.3 Å². The van der Waals surface area contributed by atoms with Gasteiger partial charge >= 0.3 is 5.97 Å². The highest BCUT2D eigenvalue weighted by atomic mass is 35.5. The fourth-order valence-corrected chi connectivity index (χ4v) is 3.29. The smallest absolute Gasteiger partial charge is 0.331 e. The normalized spacial score (nSPS) is 15.9. The van der Waals surface area contributed by atoms with Crippen molar-refractivity contribution in [2.75, 3.05) is 19.2 Å². The second kappa shape index (κ2) is 5.71. The van der Waals surface area contributed by atoms with Crippen LogP contribution in [0.1, 0.15) is 0 Å². The van der Waals surface area contributed by atoms with Crippen LogP contribution in [0.5, 0.6) is 0 Å². The molecule has 0 saturated carbocycles. The van der Waals surface area contributed by atoms with Gasteiger partial charge in [0.2, 0.25) is 0 Å². The van der Waals surface area contributed by atoms with E-state index in [4.69, 9.17) is 11.6 Å². The quantitative estimate of drug-likeness (QED) is 0.437. The molecule has 0 bridgehead atoms. The second-order valence-electron chi connectivity index (χ2n) is 4.64. The van der Waals surface area contributed by atoms with E-state index in [2.05, 4.69) is 9.72 Å². The molecule has 9 heteroatoms. The maximum atomic E-state index is 12.6. The highest BCUT2D eigenvalue weighted by Crippen LogP contribution is 2.31. The summed E-state index contributed by atoms with van der Waals surface area (Å²) in [7, 11) is 2.64. The maximum Gasteiger partial charge on any atom is 0.331 e. The Morgan fingerprint density at radius 3 is 2.83 bits per heavy atom. The lowest BCUT2D eigenvalue weighted by Crippen LogP contribution is -2.47. The molecule has 1 aromatic heterocycles. The van der Waals surface area contributed by atoms with E-state index < -0.39 is 17.4 Å². The molecule has 118 valence electrons. The van der Waals surface area contributed by atoms with E-state index in [0.717, 1.165) is 27.5 Å². The summed E-state index contributed by atoms with van der Waals surface area (Å²) in [6.07, 6.45) is 1.07. The summed E-state index contributed by atoms with van der Waals surface area (Å²) >= 11 is 6.85. The summed E-state index contributed by atoms with van der Waals surface area (Å²) in [5.41, 5.74) is 0.0475. The molecule has 0 unspecified atom stereocenters. The first-order valence-electron chi connectivity index (χ1n) is 6.40. The molecule has 0 saturated heterocycles. The van der Waals surface area contributed by atoms with Crippen molar-refractivity contribution in [3.63, 3.8) is 0 Å². The summed E-state index contributed by atoms with van der Waals surface area (Å²) < 4.78 is 5.68. The highest BCUT2D eigenvalue weighted by Gasteiger charge is 2.30. The third kappa shape index (κ3) is 2.60. The van der Waals surface area contributed by atoms with Gasteiger partial charge in [-0.05, 0) is 30.0 Å². The summed E-state index contributed by atoms with van der Waals surface area (Å²) in [6.45, 7) is 0. The number of thioether (sulfide) groups is 1. The van der Waals surface area contributed by atoms with Gasteiger partial charge in [0.15, 0.2) is 5.16 Å². The number of ether oxygens (including phenoxy) is 1. The molecule has 0 spiro atoms. The van der Waals surface area contributed by atoms with Crippen LogP contribution in [0.3, 0.4) is 0 Å². The van der Waals surface area contributed by atoms with Gasteiger partial charge in [0.1, 0.15) is 0 Å². The van der Waals surface area contributed by atoms with Gasteiger partial charge in [0, 0.05) is 18.1 Å². The van der Waals surface area contributed by atoms with E-state index >= 15 is 0 Å². The van der Waals surface area contributed by atoms with Crippen molar-refractivity contribution >= 4 is 46.1 Å². The zero-order valence-electron chi connectivity index (χ0n) is 12.1. The first-order chi connectivity index (χ1) is 10.9. The molecule has 1 aliphatic heterocycles. The number of rotatable bonds is 1. The van der Waals surface area contributed by atoms with Crippen molar-refractivity contribution < 1.29 is 14.3 Å². The van der Waals surface area contributed by atoms with Crippen molar-refractivity contribution in [1.82, 2.24) is 9.66 Å². The average molecular weight is 352 g/mol.